The molecule has 11 heavy (non-hydrogen) atoms. The summed E-state index contributed by atoms with van der Waals surface area (Å²) in [5.74, 6) is 0. The van der Waals surface area contributed by atoms with Gasteiger partial charge in [0.05, 0.1) is 12.6 Å². The fraction of sp³-hybridized carbons (Fsp3) is 0.857. The number of nitrogens with one attached hydrogen (secondary N) is 1. The van der Waals surface area contributed by atoms with Crippen molar-refractivity contribution < 1.29 is 9.53 Å². The van der Waals surface area contributed by atoms with Gasteiger partial charge in [0.15, 0.2) is 0 Å². The van der Waals surface area contributed by atoms with E-state index in [1.54, 1.807) is 21.2 Å². The van der Waals surface area contributed by atoms with Crippen molar-refractivity contribution in [3.8, 4) is 0 Å². The van der Waals surface area contributed by atoms with Crippen molar-refractivity contribution in [2.45, 2.75) is 13.0 Å². The summed E-state index contributed by atoms with van der Waals surface area (Å²) < 4.78 is 4.85. The van der Waals surface area contributed by atoms with Crippen LogP contribution in [0.2, 0.25) is 0 Å². The number of carbonyl (C=O) groups excluding carboxylic acids is 1. The Bertz CT molecular complexity index is 126. The molecule has 2 amide bonds. The number of carbonyl (C=O) groups is 1. The van der Waals surface area contributed by atoms with Crippen molar-refractivity contribution in [1.29, 1.82) is 0 Å². The van der Waals surface area contributed by atoms with Crippen LogP contribution in [0.5, 0.6) is 0 Å². The number of amides is 2. The molecule has 0 fully saturated rings. The van der Waals surface area contributed by atoms with Crippen LogP contribution in [0.15, 0.2) is 0 Å². The van der Waals surface area contributed by atoms with Gasteiger partial charge in [-0.05, 0) is 6.92 Å². The molecule has 1 unspecified atom stereocenters. The van der Waals surface area contributed by atoms with E-state index in [4.69, 9.17) is 4.74 Å². The number of hydrogen-bond donors (Lipinski definition) is 1. The lowest BCUT2D eigenvalue weighted by Gasteiger charge is -2.16. The van der Waals surface area contributed by atoms with Gasteiger partial charge in [-0.25, -0.2) is 4.79 Å². The molecular weight excluding hydrogens is 144 g/mol. The quantitative estimate of drug-likeness (QED) is 0.645. The molecule has 4 heteroatoms. The summed E-state index contributed by atoms with van der Waals surface area (Å²) >= 11 is 0. The Labute approximate surface area is 67.5 Å². The van der Waals surface area contributed by atoms with Crippen LogP contribution in [0.3, 0.4) is 0 Å². The van der Waals surface area contributed by atoms with E-state index in [1.165, 1.54) is 4.90 Å². The SMILES string of the molecule is COCC(C)NC(=O)N(C)C. The highest BCUT2D eigenvalue weighted by Gasteiger charge is 2.06. The first-order valence-electron chi connectivity index (χ1n) is 3.54. The fourth-order valence-corrected chi connectivity index (χ4v) is 0.632. The topological polar surface area (TPSA) is 41.6 Å². The van der Waals surface area contributed by atoms with Crippen molar-refractivity contribution in [3.63, 3.8) is 0 Å². The Morgan fingerprint density at radius 2 is 2.18 bits per heavy atom. The van der Waals surface area contributed by atoms with Crippen LogP contribution in [0.25, 0.3) is 0 Å². The summed E-state index contributed by atoms with van der Waals surface area (Å²) in [5.41, 5.74) is 0. The number of urea groups is 1. The summed E-state index contributed by atoms with van der Waals surface area (Å²) in [7, 11) is 5.02. The van der Waals surface area contributed by atoms with Crippen LogP contribution in [0.1, 0.15) is 6.92 Å². The zero-order valence-corrected chi connectivity index (χ0v) is 7.55. The van der Waals surface area contributed by atoms with Crippen molar-refractivity contribution in [2.75, 3.05) is 27.8 Å². The number of nitrogens with zero attached hydrogens (tertiary/aromatic N) is 1. The van der Waals surface area contributed by atoms with E-state index in [-0.39, 0.29) is 12.1 Å². The Kier molecular flexibility index (Phi) is 4.61. The van der Waals surface area contributed by atoms with Crippen molar-refractivity contribution in [2.24, 2.45) is 0 Å². The van der Waals surface area contributed by atoms with Gasteiger partial charge in [-0.2, -0.15) is 0 Å². The average molecular weight is 160 g/mol. The van der Waals surface area contributed by atoms with Gasteiger partial charge in [-0.15, -0.1) is 0 Å². The molecule has 0 aromatic carbocycles. The van der Waals surface area contributed by atoms with Gasteiger partial charge in [0, 0.05) is 21.2 Å². The lowest BCUT2D eigenvalue weighted by atomic mass is 10.4. The minimum Gasteiger partial charge on any atom is -0.383 e. The second-order valence-electron chi connectivity index (χ2n) is 2.70. The maximum Gasteiger partial charge on any atom is 0.317 e. The predicted octanol–water partition coefficient (Wildman–Crippen LogP) is 0.293. The molecule has 0 rings (SSSR count). The average Bonchev–Trinajstić information content (AvgIpc) is 1.87. The minimum absolute atomic E-state index is 0.0647. The highest BCUT2D eigenvalue weighted by molar-refractivity contribution is 5.73. The van der Waals surface area contributed by atoms with Crippen LogP contribution in [-0.2, 0) is 4.74 Å². The van der Waals surface area contributed by atoms with Crippen molar-refractivity contribution in [1.82, 2.24) is 10.2 Å². The van der Waals surface area contributed by atoms with E-state index in [1.807, 2.05) is 6.92 Å². The van der Waals surface area contributed by atoms with Crippen LogP contribution in [0.4, 0.5) is 4.79 Å². The smallest absolute Gasteiger partial charge is 0.317 e. The van der Waals surface area contributed by atoms with E-state index >= 15 is 0 Å². The Hall–Kier alpha value is -0.770. The molecule has 0 spiro atoms. The van der Waals surface area contributed by atoms with Gasteiger partial charge in [-0.1, -0.05) is 0 Å². The second kappa shape index (κ2) is 4.96. The van der Waals surface area contributed by atoms with E-state index in [0.717, 1.165) is 0 Å². The third-order valence-corrected chi connectivity index (χ3v) is 1.19. The summed E-state index contributed by atoms with van der Waals surface area (Å²) in [4.78, 5) is 12.5. The summed E-state index contributed by atoms with van der Waals surface area (Å²) in [5, 5.41) is 2.74. The summed E-state index contributed by atoms with van der Waals surface area (Å²) in [6.45, 7) is 2.44. The van der Waals surface area contributed by atoms with E-state index in [2.05, 4.69) is 5.32 Å². The molecule has 0 aliphatic carbocycles. The van der Waals surface area contributed by atoms with Crippen LogP contribution in [0, 0.1) is 0 Å². The molecule has 0 bridgehead atoms. The zero-order valence-electron chi connectivity index (χ0n) is 7.55. The molecule has 66 valence electrons. The third-order valence-electron chi connectivity index (χ3n) is 1.19. The number of rotatable bonds is 3. The Morgan fingerprint density at radius 1 is 1.64 bits per heavy atom. The van der Waals surface area contributed by atoms with Gasteiger partial charge in [0.25, 0.3) is 0 Å². The van der Waals surface area contributed by atoms with Crippen molar-refractivity contribution in [3.05, 3.63) is 0 Å². The standard InChI is InChI=1S/C7H16N2O2/c1-6(5-11-4)8-7(10)9(2)3/h6H,5H2,1-4H3,(H,8,10). The lowest BCUT2D eigenvalue weighted by Crippen LogP contribution is -2.41. The van der Waals surface area contributed by atoms with E-state index < -0.39 is 0 Å². The van der Waals surface area contributed by atoms with Gasteiger partial charge < -0.3 is 15.0 Å². The number of methoxy groups -OCH3 is 1. The fourth-order valence-electron chi connectivity index (χ4n) is 0.632. The van der Waals surface area contributed by atoms with Gasteiger partial charge in [0.1, 0.15) is 0 Å². The van der Waals surface area contributed by atoms with Gasteiger partial charge in [-0.3, -0.25) is 0 Å². The maximum absolute atomic E-state index is 11.0. The monoisotopic (exact) mass is 160 g/mol. The number of ether oxygens (including phenoxy) is 1. The van der Waals surface area contributed by atoms with Crippen LogP contribution >= 0.6 is 0 Å². The molecule has 0 aliphatic rings. The largest absolute Gasteiger partial charge is 0.383 e. The first-order chi connectivity index (χ1) is 5.07. The van der Waals surface area contributed by atoms with E-state index in [9.17, 15) is 4.79 Å². The molecule has 0 aromatic heterocycles. The molecule has 0 radical (unpaired) electrons. The normalized spacial score (nSPS) is 12.4. The predicted molar refractivity (Wildman–Crippen MR) is 43.6 cm³/mol. The zero-order chi connectivity index (χ0) is 8.85. The summed E-state index contributed by atoms with van der Waals surface area (Å²) in [6, 6.07) is -0.0237. The van der Waals surface area contributed by atoms with E-state index in [0.29, 0.717) is 6.61 Å². The molecule has 4 nitrogen and oxygen atoms in total. The second-order valence-corrected chi connectivity index (χ2v) is 2.70. The first kappa shape index (κ1) is 10.2. The molecule has 0 heterocycles. The molecular formula is C7H16N2O2. The third kappa shape index (κ3) is 4.61. The molecule has 0 aliphatic heterocycles. The highest BCUT2D eigenvalue weighted by atomic mass is 16.5. The molecule has 0 saturated carbocycles. The van der Waals surface area contributed by atoms with Crippen LogP contribution in [-0.4, -0.2) is 44.8 Å². The highest BCUT2D eigenvalue weighted by Crippen LogP contribution is 1.84. The maximum atomic E-state index is 11.0. The molecule has 1 atom stereocenters. The first-order valence-corrected chi connectivity index (χ1v) is 3.54. The Balaban J connectivity index is 3.57. The number of hydrogen-bond acceptors (Lipinski definition) is 2. The van der Waals surface area contributed by atoms with Crippen molar-refractivity contribution >= 4 is 6.03 Å². The Morgan fingerprint density at radius 3 is 2.55 bits per heavy atom. The summed E-state index contributed by atoms with van der Waals surface area (Å²) in [6.07, 6.45) is 0. The van der Waals surface area contributed by atoms with Gasteiger partial charge in [0.2, 0.25) is 0 Å². The van der Waals surface area contributed by atoms with Gasteiger partial charge >= 0.3 is 6.03 Å². The minimum atomic E-state index is -0.0884. The molecule has 1 N–H and O–H groups in total. The molecule has 0 saturated heterocycles. The molecule has 0 aromatic rings. The lowest BCUT2D eigenvalue weighted by molar-refractivity contribution is 0.165. The van der Waals surface area contributed by atoms with Crippen LogP contribution < -0.4 is 5.32 Å².